The number of benzene rings is 2. The van der Waals surface area contributed by atoms with Crippen LogP contribution in [0, 0.1) is 11.7 Å². The third kappa shape index (κ3) is 5.46. The van der Waals surface area contributed by atoms with Crippen molar-refractivity contribution < 1.29 is 19.0 Å². The molecule has 1 aliphatic carbocycles. The van der Waals surface area contributed by atoms with E-state index in [1.807, 2.05) is 0 Å². The minimum atomic E-state index is -0.623. The van der Waals surface area contributed by atoms with Crippen molar-refractivity contribution in [2.75, 3.05) is 29.2 Å². The van der Waals surface area contributed by atoms with Crippen LogP contribution in [-0.2, 0) is 4.79 Å². The Morgan fingerprint density at radius 1 is 1.10 bits per heavy atom. The van der Waals surface area contributed by atoms with Gasteiger partial charge in [-0.25, -0.2) is 9.37 Å². The van der Waals surface area contributed by atoms with Gasteiger partial charge in [-0.3, -0.25) is 4.79 Å². The lowest BCUT2D eigenvalue weighted by molar-refractivity contribution is -0.117. The first-order valence-corrected chi connectivity index (χ1v) is 9.92. The maximum Gasteiger partial charge on any atom is 0.229 e. The van der Waals surface area contributed by atoms with Crippen LogP contribution in [0.25, 0.3) is 0 Å². The topological polar surface area (TPSA) is 108 Å². The van der Waals surface area contributed by atoms with Crippen LogP contribution in [0.1, 0.15) is 12.8 Å². The summed E-state index contributed by atoms with van der Waals surface area (Å²) in [5.74, 6) is 0.195. The van der Waals surface area contributed by atoms with Crippen LogP contribution in [0.4, 0.5) is 33.2 Å². The normalized spacial score (nSPS) is 12.8. The minimum absolute atomic E-state index is 0.0199. The molecule has 1 heterocycles. The molecular formula is C22H22FN5O3. The standard InChI is InChI=1S/C22H22FN5O3/c23-17-13-24-22(25-15-7-9-16(10-8-15)31-12-11-29)28-20(17)26-18-3-1-2-4-19(18)27-21(30)14-5-6-14/h1-4,7-10,13-14,29H,5-6,11-12H2,(H,27,30)(H2,24,25,26,28). The van der Waals surface area contributed by atoms with Gasteiger partial charge in [-0.1, -0.05) is 12.1 Å². The molecule has 0 unspecified atom stereocenters. The zero-order valence-corrected chi connectivity index (χ0v) is 16.6. The molecule has 0 bridgehead atoms. The van der Waals surface area contributed by atoms with Crippen LogP contribution in [0.5, 0.6) is 5.75 Å². The van der Waals surface area contributed by atoms with E-state index in [1.165, 1.54) is 0 Å². The summed E-state index contributed by atoms with van der Waals surface area (Å²) in [5.41, 5.74) is 1.78. The van der Waals surface area contributed by atoms with Gasteiger partial charge < -0.3 is 25.8 Å². The molecule has 1 saturated carbocycles. The summed E-state index contributed by atoms with van der Waals surface area (Å²) in [6, 6.07) is 14.1. The molecule has 9 heteroatoms. The van der Waals surface area contributed by atoms with Gasteiger partial charge in [0.05, 0.1) is 24.2 Å². The predicted molar refractivity (Wildman–Crippen MR) is 115 cm³/mol. The molecule has 0 radical (unpaired) electrons. The molecular weight excluding hydrogens is 401 g/mol. The second-order valence-electron chi connectivity index (χ2n) is 7.05. The number of carbonyl (C=O) groups is 1. The van der Waals surface area contributed by atoms with Crippen LogP contribution >= 0.6 is 0 Å². The second-order valence-corrected chi connectivity index (χ2v) is 7.05. The first-order chi connectivity index (χ1) is 15.1. The van der Waals surface area contributed by atoms with Crippen molar-refractivity contribution in [3.63, 3.8) is 0 Å². The first-order valence-electron chi connectivity index (χ1n) is 9.92. The van der Waals surface area contributed by atoms with Crippen LogP contribution < -0.4 is 20.7 Å². The predicted octanol–water partition coefficient (Wildman–Crippen LogP) is 3.82. The summed E-state index contributed by atoms with van der Waals surface area (Å²) in [4.78, 5) is 20.3. The Hall–Kier alpha value is -3.72. The summed E-state index contributed by atoms with van der Waals surface area (Å²) in [5, 5.41) is 17.6. The minimum Gasteiger partial charge on any atom is -0.491 e. The number of ether oxygens (including phenoxy) is 1. The molecule has 1 aromatic heterocycles. The Morgan fingerprint density at radius 2 is 1.84 bits per heavy atom. The van der Waals surface area contributed by atoms with Gasteiger partial charge in [0.1, 0.15) is 12.4 Å². The van der Waals surface area contributed by atoms with E-state index in [1.54, 1.807) is 48.5 Å². The smallest absolute Gasteiger partial charge is 0.229 e. The average molecular weight is 423 g/mol. The molecule has 31 heavy (non-hydrogen) atoms. The van der Waals surface area contributed by atoms with E-state index in [4.69, 9.17) is 9.84 Å². The molecule has 4 N–H and O–H groups in total. The number of amides is 1. The Morgan fingerprint density at radius 3 is 2.55 bits per heavy atom. The highest BCUT2D eigenvalue weighted by Crippen LogP contribution is 2.32. The number of aliphatic hydroxyl groups is 1. The summed E-state index contributed by atoms with van der Waals surface area (Å²) in [6.07, 6.45) is 2.86. The number of halogens is 1. The number of nitrogens with one attached hydrogen (secondary N) is 3. The summed E-state index contributed by atoms with van der Waals surface area (Å²) in [7, 11) is 0. The van der Waals surface area contributed by atoms with E-state index in [-0.39, 0.29) is 36.8 Å². The van der Waals surface area contributed by atoms with E-state index in [0.717, 1.165) is 19.0 Å². The molecule has 4 rings (SSSR count). The monoisotopic (exact) mass is 423 g/mol. The van der Waals surface area contributed by atoms with Gasteiger partial charge in [0.15, 0.2) is 11.6 Å². The van der Waals surface area contributed by atoms with Crippen molar-refractivity contribution in [1.82, 2.24) is 9.97 Å². The van der Waals surface area contributed by atoms with Gasteiger partial charge in [-0.2, -0.15) is 4.98 Å². The molecule has 1 aliphatic rings. The van der Waals surface area contributed by atoms with Gasteiger partial charge in [-0.05, 0) is 49.2 Å². The molecule has 3 aromatic rings. The van der Waals surface area contributed by atoms with Gasteiger partial charge in [0, 0.05) is 11.6 Å². The van der Waals surface area contributed by atoms with Crippen molar-refractivity contribution in [2.24, 2.45) is 5.92 Å². The lowest BCUT2D eigenvalue weighted by Crippen LogP contribution is -2.14. The third-order valence-electron chi connectivity index (χ3n) is 4.60. The third-order valence-corrected chi connectivity index (χ3v) is 4.60. The highest BCUT2D eigenvalue weighted by atomic mass is 19.1. The molecule has 0 aliphatic heterocycles. The van der Waals surface area contributed by atoms with E-state index in [2.05, 4.69) is 25.9 Å². The summed E-state index contributed by atoms with van der Waals surface area (Å²) in [6.45, 7) is 0.151. The van der Waals surface area contributed by atoms with Gasteiger partial charge in [0.2, 0.25) is 11.9 Å². The molecule has 1 amide bonds. The molecule has 0 spiro atoms. The van der Waals surface area contributed by atoms with Gasteiger partial charge in [-0.15, -0.1) is 0 Å². The Balaban J connectivity index is 1.48. The Bertz CT molecular complexity index is 1060. The van der Waals surface area contributed by atoms with Crippen LogP contribution in [0.2, 0.25) is 0 Å². The van der Waals surface area contributed by atoms with Crippen molar-refractivity contribution in [3.05, 3.63) is 60.5 Å². The van der Waals surface area contributed by atoms with E-state index in [0.29, 0.717) is 22.8 Å². The maximum atomic E-state index is 14.4. The average Bonchev–Trinajstić information content (AvgIpc) is 3.62. The van der Waals surface area contributed by atoms with Crippen LogP contribution in [0.15, 0.2) is 54.7 Å². The number of hydrogen-bond donors (Lipinski definition) is 4. The number of nitrogens with zero attached hydrogens (tertiary/aromatic N) is 2. The fourth-order valence-electron chi connectivity index (χ4n) is 2.85. The zero-order valence-electron chi connectivity index (χ0n) is 16.6. The quantitative estimate of drug-likeness (QED) is 0.414. The second kappa shape index (κ2) is 9.40. The van der Waals surface area contributed by atoms with E-state index in [9.17, 15) is 9.18 Å². The molecule has 0 saturated heterocycles. The highest BCUT2D eigenvalue weighted by molar-refractivity contribution is 5.97. The summed E-state index contributed by atoms with van der Waals surface area (Å²) >= 11 is 0. The number of para-hydroxylation sites is 2. The number of aromatic nitrogens is 2. The molecule has 2 aromatic carbocycles. The van der Waals surface area contributed by atoms with Crippen LogP contribution in [0.3, 0.4) is 0 Å². The molecule has 8 nitrogen and oxygen atoms in total. The zero-order chi connectivity index (χ0) is 21.6. The van der Waals surface area contributed by atoms with Crippen molar-refractivity contribution in [2.45, 2.75) is 12.8 Å². The van der Waals surface area contributed by atoms with E-state index >= 15 is 0 Å². The number of aliphatic hydroxyl groups excluding tert-OH is 1. The fourth-order valence-corrected chi connectivity index (χ4v) is 2.85. The number of rotatable bonds is 9. The Kier molecular flexibility index (Phi) is 6.23. The van der Waals surface area contributed by atoms with Crippen LogP contribution in [-0.4, -0.2) is 34.2 Å². The molecule has 1 fully saturated rings. The molecule has 0 atom stereocenters. The SMILES string of the molecule is O=C(Nc1ccccc1Nc1nc(Nc2ccc(OCCO)cc2)ncc1F)C1CC1. The highest BCUT2D eigenvalue weighted by Gasteiger charge is 2.30. The largest absolute Gasteiger partial charge is 0.491 e. The molecule has 160 valence electrons. The Labute approximate surface area is 178 Å². The maximum absolute atomic E-state index is 14.4. The van der Waals surface area contributed by atoms with Gasteiger partial charge >= 0.3 is 0 Å². The number of anilines is 5. The van der Waals surface area contributed by atoms with Crippen molar-refractivity contribution >= 4 is 34.7 Å². The van der Waals surface area contributed by atoms with Gasteiger partial charge in [0.25, 0.3) is 0 Å². The first kappa shape index (κ1) is 20.5. The van der Waals surface area contributed by atoms with Crippen molar-refractivity contribution in [1.29, 1.82) is 0 Å². The number of hydrogen-bond acceptors (Lipinski definition) is 7. The van der Waals surface area contributed by atoms with E-state index < -0.39 is 5.82 Å². The lowest BCUT2D eigenvalue weighted by Gasteiger charge is -2.14. The summed E-state index contributed by atoms with van der Waals surface area (Å²) < 4.78 is 19.7. The fraction of sp³-hybridized carbons (Fsp3) is 0.227. The van der Waals surface area contributed by atoms with Crippen molar-refractivity contribution in [3.8, 4) is 5.75 Å². The number of carbonyl (C=O) groups excluding carboxylic acids is 1. The lowest BCUT2D eigenvalue weighted by atomic mass is 10.2.